The second kappa shape index (κ2) is 6.51. The van der Waals surface area contributed by atoms with Gasteiger partial charge < -0.3 is 5.11 Å². The molecule has 4 nitrogen and oxygen atoms in total. The summed E-state index contributed by atoms with van der Waals surface area (Å²) in [5.74, 6) is 0. The first-order chi connectivity index (χ1) is 13.0. The van der Waals surface area contributed by atoms with E-state index in [1.165, 1.54) is 6.07 Å². The molecule has 0 aliphatic rings. The van der Waals surface area contributed by atoms with Crippen molar-refractivity contribution in [2.75, 3.05) is 0 Å². The monoisotopic (exact) mass is 369 g/mol. The van der Waals surface area contributed by atoms with Crippen LogP contribution in [-0.2, 0) is 12.8 Å². The van der Waals surface area contributed by atoms with Gasteiger partial charge in [-0.15, -0.1) is 0 Å². The van der Waals surface area contributed by atoms with Crippen molar-refractivity contribution in [1.29, 1.82) is 0 Å². The molecule has 0 bridgehead atoms. The van der Waals surface area contributed by atoms with Gasteiger partial charge in [-0.1, -0.05) is 36.4 Å². The number of hydrogen-bond donors (Lipinski definition) is 1. The first kappa shape index (κ1) is 17.2. The zero-order valence-corrected chi connectivity index (χ0v) is 14.0. The van der Waals surface area contributed by atoms with Gasteiger partial charge in [0, 0.05) is 11.1 Å². The summed E-state index contributed by atoms with van der Waals surface area (Å²) in [4.78, 5) is 4.30. The van der Waals surface area contributed by atoms with Gasteiger partial charge in [0.25, 0.3) is 0 Å². The fourth-order valence-electron chi connectivity index (χ4n) is 2.86. The summed E-state index contributed by atoms with van der Waals surface area (Å²) in [5, 5.41) is 13.6. The van der Waals surface area contributed by atoms with Crippen LogP contribution in [0, 0.1) is 0 Å². The standard InChI is InChI=1S/C20H14F3N3O/c21-20(22,23)16-3-1-2-15(10-16)17-8-9-19-24-11-18(26(19)25-17)14-6-4-13(12-27)5-7-14/h1-11,27H,12H2. The highest BCUT2D eigenvalue weighted by molar-refractivity contribution is 5.66. The predicted octanol–water partition coefficient (Wildman–Crippen LogP) is 4.57. The van der Waals surface area contributed by atoms with Crippen molar-refractivity contribution >= 4 is 5.65 Å². The van der Waals surface area contributed by atoms with Gasteiger partial charge in [-0.05, 0) is 29.8 Å². The van der Waals surface area contributed by atoms with Gasteiger partial charge in [0.1, 0.15) is 0 Å². The fourth-order valence-corrected chi connectivity index (χ4v) is 2.86. The second-order valence-corrected chi connectivity index (χ2v) is 6.07. The lowest BCUT2D eigenvalue weighted by Gasteiger charge is -2.09. The minimum absolute atomic E-state index is 0.0502. The fraction of sp³-hybridized carbons (Fsp3) is 0.100. The largest absolute Gasteiger partial charge is 0.416 e. The van der Waals surface area contributed by atoms with E-state index < -0.39 is 11.7 Å². The van der Waals surface area contributed by atoms with E-state index in [1.807, 2.05) is 12.1 Å². The van der Waals surface area contributed by atoms with E-state index in [4.69, 9.17) is 5.11 Å². The van der Waals surface area contributed by atoms with Crippen molar-refractivity contribution in [3.8, 4) is 22.5 Å². The Bertz CT molecular complexity index is 1100. The zero-order chi connectivity index (χ0) is 19.0. The molecule has 2 aromatic carbocycles. The molecule has 0 radical (unpaired) electrons. The topological polar surface area (TPSA) is 50.4 Å². The molecule has 2 aromatic heterocycles. The van der Waals surface area contributed by atoms with Gasteiger partial charge in [-0.2, -0.15) is 18.3 Å². The van der Waals surface area contributed by atoms with Crippen molar-refractivity contribution in [2.45, 2.75) is 12.8 Å². The highest BCUT2D eigenvalue weighted by Crippen LogP contribution is 2.32. The van der Waals surface area contributed by atoms with Crippen LogP contribution >= 0.6 is 0 Å². The average Bonchev–Trinajstić information content (AvgIpc) is 3.11. The lowest BCUT2D eigenvalue weighted by atomic mass is 10.1. The van der Waals surface area contributed by atoms with Crippen LogP contribution in [0.4, 0.5) is 13.2 Å². The van der Waals surface area contributed by atoms with E-state index in [-0.39, 0.29) is 6.61 Å². The minimum Gasteiger partial charge on any atom is -0.392 e. The molecular weight excluding hydrogens is 355 g/mol. The molecule has 1 N–H and O–H groups in total. The molecule has 27 heavy (non-hydrogen) atoms. The Morgan fingerprint density at radius 2 is 1.70 bits per heavy atom. The third-order valence-electron chi connectivity index (χ3n) is 4.28. The molecule has 2 heterocycles. The smallest absolute Gasteiger partial charge is 0.392 e. The molecule has 136 valence electrons. The van der Waals surface area contributed by atoms with Crippen molar-refractivity contribution in [3.63, 3.8) is 0 Å². The van der Waals surface area contributed by atoms with Gasteiger partial charge >= 0.3 is 6.18 Å². The van der Waals surface area contributed by atoms with Crippen LogP contribution in [0.25, 0.3) is 28.2 Å². The van der Waals surface area contributed by atoms with Crippen LogP contribution in [0.3, 0.4) is 0 Å². The second-order valence-electron chi connectivity index (χ2n) is 6.07. The number of hydrogen-bond acceptors (Lipinski definition) is 3. The number of benzene rings is 2. The Balaban J connectivity index is 1.80. The summed E-state index contributed by atoms with van der Waals surface area (Å²) in [6.45, 7) is -0.0502. The minimum atomic E-state index is -4.41. The third kappa shape index (κ3) is 3.29. The molecule has 4 rings (SSSR count). The number of aromatic nitrogens is 3. The van der Waals surface area contributed by atoms with Crippen LogP contribution in [0.15, 0.2) is 66.9 Å². The molecule has 0 fully saturated rings. The quantitative estimate of drug-likeness (QED) is 0.575. The van der Waals surface area contributed by atoms with Crippen LogP contribution in [0.1, 0.15) is 11.1 Å². The van der Waals surface area contributed by atoms with Gasteiger partial charge in [0.05, 0.1) is 29.8 Å². The van der Waals surface area contributed by atoms with E-state index in [9.17, 15) is 13.2 Å². The first-order valence-corrected chi connectivity index (χ1v) is 8.18. The Hall–Kier alpha value is -3.19. The van der Waals surface area contributed by atoms with E-state index in [0.717, 1.165) is 23.3 Å². The highest BCUT2D eigenvalue weighted by atomic mass is 19.4. The number of halogens is 3. The van der Waals surface area contributed by atoms with Crippen molar-refractivity contribution in [2.24, 2.45) is 0 Å². The van der Waals surface area contributed by atoms with Crippen molar-refractivity contribution < 1.29 is 18.3 Å². The van der Waals surface area contributed by atoms with Crippen LogP contribution in [0.2, 0.25) is 0 Å². The molecule has 0 atom stereocenters. The molecule has 0 unspecified atom stereocenters. The number of aliphatic hydroxyl groups excluding tert-OH is 1. The molecular formula is C20H14F3N3O. The van der Waals surface area contributed by atoms with Gasteiger partial charge in [-0.3, -0.25) is 0 Å². The number of rotatable bonds is 3. The van der Waals surface area contributed by atoms with E-state index >= 15 is 0 Å². The number of nitrogens with zero attached hydrogens (tertiary/aromatic N) is 3. The lowest BCUT2D eigenvalue weighted by Crippen LogP contribution is -2.05. The summed E-state index contributed by atoms with van der Waals surface area (Å²) in [7, 11) is 0. The summed E-state index contributed by atoms with van der Waals surface area (Å²) in [5.41, 5.74) is 3.00. The van der Waals surface area contributed by atoms with E-state index in [2.05, 4.69) is 10.1 Å². The molecule has 0 aliphatic carbocycles. The Morgan fingerprint density at radius 1 is 0.926 bits per heavy atom. The van der Waals surface area contributed by atoms with E-state index in [1.54, 1.807) is 41.0 Å². The number of aliphatic hydroxyl groups is 1. The number of fused-ring (bicyclic) bond motifs is 1. The zero-order valence-electron chi connectivity index (χ0n) is 14.0. The van der Waals surface area contributed by atoms with Crippen LogP contribution in [0.5, 0.6) is 0 Å². The molecule has 7 heteroatoms. The van der Waals surface area contributed by atoms with E-state index in [0.29, 0.717) is 22.6 Å². The Morgan fingerprint density at radius 3 is 2.41 bits per heavy atom. The maximum absolute atomic E-state index is 13.0. The summed E-state index contributed by atoms with van der Waals surface area (Å²) in [6, 6.07) is 15.7. The summed E-state index contributed by atoms with van der Waals surface area (Å²) in [6.07, 6.45) is -2.75. The third-order valence-corrected chi connectivity index (χ3v) is 4.28. The Kier molecular flexibility index (Phi) is 4.16. The van der Waals surface area contributed by atoms with Gasteiger partial charge in [0.15, 0.2) is 5.65 Å². The normalized spacial score (nSPS) is 11.9. The summed E-state index contributed by atoms with van der Waals surface area (Å²) < 4.78 is 40.5. The number of alkyl halides is 3. The molecule has 0 amide bonds. The molecule has 0 saturated carbocycles. The van der Waals surface area contributed by atoms with Gasteiger partial charge in [-0.25, -0.2) is 9.50 Å². The molecule has 4 aromatic rings. The lowest BCUT2D eigenvalue weighted by molar-refractivity contribution is -0.137. The first-order valence-electron chi connectivity index (χ1n) is 8.18. The SMILES string of the molecule is OCc1ccc(-c2cnc3ccc(-c4cccc(C(F)(F)F)c4)nn23)cc1. The maximum Gasteiger partial charge on any atom is 0.416 e. The highest BCUT2D eigenvalue weighted by Gasteiger charge is 2.30. The molecule has 0 spiro atoms. The number of imidazole rings is 1. The van der Waals surface area contributed by atoms with Crippen molar-refractivity contribution in [3.05, 3.63) is 78.0 Å². The van der Waals surface area contributed by atoms with Crippen molar-refractivity contribution in [1.82, 2.24) is 14.6 Å². The Labute approximate surface area is 152 Å². The van der Waals surface area contributed by atoms with Crippen LogP contribution < -0.4 is 0 Å². The average molecular weight is 369 g/mol. The van der Waals surface area contributed by atoms with Gasteiger partial charge in [0.2, 0.25) is 0 Å². The summed E-state index contributed by atoms with van der Waals surface area (Å²) >= 11 is 0. The van der Waals surface area contributed by atoms with Crippen LogP contribution in [-0.4, -0.2) is 19.7 Å². The molecule has 0 aliphatic heterocycles. The predicted molar refractivity (Wildman–Crippen MR) is 94.8 cm³/mol. The molecule has 0 saturated heterocycles. The maximum atomic E-state index is 13.0.